The van der Waals surface area contributed by atoms with E-state index in [1.54, 1.807) is 13.0 Å². The van der Waals surface area contributed by atoms with Gasteiger partial charge in [0.1, 0.15) is 17.2 Å². The van der Waals surface area contributed by atoms with Crippen LogP contribution < -0.4 is 15.5 Å². The lowest BCUT2D eigenvalue weighted by Crippen LogP contribution is -2.47. The minimum atomic E-state index is -0.210. The molecule has 5 aromatic rings. The molecule has 3 aromatic carbocycles. The number of hydrogen-bond acceptors (Lipinski definition) is 7. The number of piperazine rings is 1. The molecule has 0 bridgehead atoms. The van der Waals surface area contributed by atoms with Gasteiger partial charge in [-0.05, 0) is 60.0 Å². The average molecular weight is 455 g/mol. The molecule has 8 heteroatoms. The van der Waals surface area contributed by atoms with Crippen LogP contribution in [0.5, 0.6) is 0 Å². The molecule has 7 nitrogen and oxygen atoms in total. The highest BCUT2D eigenvalue weighted by Gasteiger charge is 2.24. The molecule has 1 aliphatic heterocycles. The van der Waals surface area contributed by atoms with E-state index < -0.39 is 0 Å². The molecule has 34 heavy (non-hydrogen) atoms. The van der Waals surface area contributed by atoms with Crippen LogP contribution in [-0.2, 0) is 0 Å². The molecule has 1 fully saturated rings. The van der Waals surface area contributed by atoms with Crippen LogP contribution >= 0.6 is 0 Å². The van der Waals surface area contributed by atoms with E-state index in [9.17, 15) is 4.39 Å². The highest BCUT2D eigenvalue weighted by atomic mass is 19.1. The molecule has 1 saturated heterocycles. The van der Waals surface area contributed by atoms with Gasteiger partial charge in [-0.3, -0.25) is 0 Å². The summed E-state index contributed by atoms with van der Waals surface area (Å²) in [5, 5.41) is 0.920. The minimum Gasteiger partial charge on any atom is -0.423 e. The van der Waals surface area contributed by atoms with Gasteiger partial charge in [0.2, 0.25) is 5.95 Å². The number of benzene rings is 3. The summed E-state index contributed by atoms with van der Waals surface area (Å²) >= 11 is 0. The van der Waals surface area contributed by atoms with Gasteiger partial charge in [0.15, 0.2) is 5.58 Å². The van der Waals surface area contributed by atoms with Crippen LogP contribution in [0.3, 0.4) is 0 Å². The summed E-state index contributed by atoms with van der Waals surface area (Å²) in [6.07, 6.45) is 0. The van der Waals surface area contributed by atoms with Crippen LogP contribution in [0, 0.1) is 12.7 Å². The molecule has 3 heterocycles. The first-order chi connectivity index (χ1) is 16.5. The van der Waals surface area contributed by atoms with Gasteiger partial charge in [0, 0.05) is 31.6 Å². The van der Waals surface area contributed by atoms with Gasteiger partial charge in [0.05, 0.1) is 5.52 Å². The third-order valence-corrected chi connectivity index (χ3v) is 6.32. The molecule has 0 amide bonds. The summed E-state index contributed by atoms with van der Waals surface area (Å²) in [7, 11) is 0. The van der Waals surface area contributed by atoms with Crippen LogP contribution in [0.15, 0.2) is 65.1 Å². The zero-order valence-electron chi connectivity index (χ0n) is 18.7. The molecule has 0 atom stereocenters. The van der Waals surface area contributed by atoms with Crippen molar-refractivity contribution in [1.82, 2.24) is 15.0 Å². The van der Waals surface area contributed by atoms with Crippen molar-refractivity contribution in [3.05, 3.63) is 72.0 Å². The summed E-state index contributed by atoms with van der Waals surface area (Å²) < 4.78 is 19.7. The van der Waals surface area contributed by atoms with Crippen LogP contribution in [0.2, 0.25) is 0 Å². The third kappa shape index (κ3) is 3.57. The molecule has 0 radical (unpaired) electrons. The number of nitrogens with two attached hydrogens (primary N) is 1. The second-order valence-electron chi connectivity index (χ2n) is 8.54. The number of aromatic nitrogens is 3. The Morgan fingerprint density at radius 2 is 1.56 bits per heavy atom. The summed E-state index contributed by atoms with van der Waals surface area (Å²) in [4.78, 5) is 18.0. The third-order valence-electron chi connectivity index (χ3n) is 6.32. The standard InChI is InChI=1S/C26H23FN6O/c1-16-14-17(6-8-20(16)27)18-7-9-21-19(15-18)24(31-25(28)29-21)32-10-12-33(13-11-32)26-30-22-4-2-3-5-23(22)34-26/h2-9,14-15H,10-13H2,1H3,(H2,28,29,31). The Kier molecular flexibility index (Phi) is 4.79. The van der Waals surface area contributed by atoms with Gasteiger partial charge in [0.25, 0.3) is 6.01 Å². The number of nitrogen functional groups attached to an aromatic ring is 1. The van der Waals surface area contributed by atoms with Crippen molar-refractivity contribution in [2.24, 2.45) is 0 Å². The smallest absolute Gasteiger partial charge is 0.298 e. The van der Waals surface area contributed by atoms with Crippen molar-refractivity contribution < 1.29 is 8.81 Å². The highest BCUT2D eigenvalue weighted by molar-refractivity contribution is 5.94. The molecule has 170 valence electrons. The zero-order chi connectivity index (χ0) is 23.2. The normalized spacial score (nSPS) is 14.3. The molecule has 2 aromatic heterocycles. The number of hydrogen-bond donors (Lipinski definition) is 1. The number of halogens is 1. The van der Waals surface area contributed by atoms with Crippen LogP contribution in [-0.4, -0.2) is 41.1 Å². The number of aryl methyl sites for hydroxylation is 1. The Labute approximate surface area is 195 Å². The highest BCUT2D eigenvalue weighted by Crippen LogP contribution is 2.32. The summed E-state index contributed by atoms with van der Waals surface area (Å²) in [5.74, 6) is 0.841. The van der Waals surface area contributed by atoms with E-state index >= 15 is 0 Å². The SMILES string of the molecule is Cc1cc(-c2ccc3nc(N)nc(N4CCN(c5nc6ccccc6o5)CC4)c3c2)ccc1F. The average Bonchev–Trinajstić information content (AvgIpc) is 3.29. The number of rotatable bonds is 3. The second-order valence-corrected chi connectivity index (χ2v) is 8.54. The Morgan fingerprint density at radius 3 is 2.35 bits per heavy atom. The Morgan fingerprint density at radius 1 is 0.824 bits per heavy atom. The molecular weight excluding hydrogens is 431 g/mol. The second kappa shape index (κ2) is 7.98. The predicted octanol–water partition coefficient (Wildman–Crippen LogP) is 4.79. The number of fused-ring (bicyclic) bond motifs is 2. The van der Waals surface area contributed by atoms with Gasteiger partial charge in [-0.15, -0.1) is 0 Å². The van der Waals surface area contributed by atoms with E-state index in [0.29, 0.717) is 11.6 Å². The Balaban J connectivity index is 1.31. The number of anilines is 3. The predicted molar refractivity (Wildman–Crippen MR) is 133 cm³/mol. The first-order valence-electron chi connectivity index (χ1n) is 11.2. The first kappa shape index (κ1) is 20.4. The van der Waals surface area contributed by atoms with E-state index in [4.69, 9.17) is 10.2 Å². The Bertz CT molecular complexity index is 1490. The molecule has 0 aliphatic carbocycles. The van der Waals surface area contributed by atoms with Crippen molar-refractivity contribution in [3.63, 3.8) is 0 Å². The van der Waals surface area contributed by atoms with Crippen molar-refractivity contribution in [3.8, 4) is 11.1 Å². The molecule has 0 spiro atoms. The van der Waals surface area contributed by atoms with Crippen molar-refractivity contribution in [2.75, 3.05) is 41.7 Å². The van der Waals surface area contributed by atoms with Gasteiger partial charge in [-0.25, -0.2) is 9.37 Å². The first-order valence-corrected chi connectivity index (χ1v) is 11.2. The quantitative estimate of drug-likeness (QED) is 0.419. The lowest BCUT2D eigenvalue weighted by atomic mass is 10.0. The van der Waals surface area contributed by atoms with Crippen LogP contribution in [0.4, 0.5) is 22.2 Å². The number of para-hydroxylation sites is 2. The summed E-state index contributed by atoms with van der Waals surface area (Å²) in [5.41, 5.74) is 11.0. The van der Waals surface area contributed by atoms with E-state index in [1.807, 2.05) is 42.5 Å². The van der Waals surface area contributed by atoms with E-state index in [1.165, 1.54) is 6.07 Å². The van der Waals surface area contributed by atoms with Gasteiger partial charge in [-0.1, -0.05) is 24.3 Å². The fourth-order valence-corrected chi connectivity index (χ4v) is 4.48. The maximum Gasteiger partial charge on any atom is 0.298 e. The maximum absolute atomic E-state index is 13.8. The lowest BCUT2D eigenvalue weighted by molar-refractivity contribution is 0.541. The molecular formula is C26H23FN6O. The topological polar surface area (TPSA) is 84.3 Å². The van der Waals surface area contributed by atoms with Crippen molar-refractivity contribution in [2.45, 2.75) is 6.92 Å². The number of oxazole rings is 1. The number of nitrogens with zero attached hydrogens (tertiary/aromatic N) is 5. The largest absolute Gasteiger partial charge is 0.423 e. The molecule has 1 aliphatic rings. The molecule has 2 N–H and O–H groups in total. The van der Waals surface area contributed by atoms with E-state index in [2.05, 4.69) is 30.8 Å². The van der Waals surface area contributed by atoms with E-state index in [0.717, 1.165) is 65.1 Å². The molecule has 0 saturated carbocycles. The van der Waals surface area contributed by atoms with Gasteiger partial charge >= 0.3 is 0 Å². The van der Waals surface area contributed by atoms with E-state index in [-0.39, 0.29) is 11.8 Å². The minimum absolute atomic E-state index is 0.210. The molecule has 0 unspecified atom stereocenters. The summed E-state index contributed by atoms with van der Waals surface area (Å²) in [6.45, 7) is 4.74. The lowest BCUT2D eigenvalue weighted by Gasteiger charge is -2.35. The Hall–Kier alpha value is -4.20. The molecule has 6 rings (SSSR count). The van der Waals surface area contributed by atoms with Crippen LogP contribution in [0.25, 0.3) is 33.1 Å². The van der Waals surface area contributed by atoms with Crippen molar-refractivity contribution in [1.29, 1.82) is 0 Å². The van der Waals surface area contributed by atoms with Crippen LogP contribution in [0.1, 0.15) is 5.56 Å². The fourth-order valence-electron chi connectivity index (χ4n) is 4.48. The zero-order valence-corrected chi connectivity index (χ0v) is 18.7. The summed E-state index contributed by atoms with van der Waals surface area (Å²) in [6, 6.07) is 19.6. The van der Waals surface area contributed by atoms with Gasteiger partial charge < -0.3 is 20.0 Å². The fraction of sp³-hybridized carbons (Fsp3) is 0.192. The monoisotopic (exact) mass is 454 g/mol. The van der Waals surface area contributed by atoms with Gasteiger partial charge in [-0.2, -0.15) is 9.97 Å². The maximum atomic E-state index is 13.8. The van der Waals surface area contributed by atoms with Crippen molar-refractivity contribution >= 4 is 39.8 Å².